The van der Waals surface area contributed by atoms with E-state index in [-0.39, 0.29) is 17.6 Å². The average molecular weight is 182 g/mol. The predicted molar refractivity (Wildman–Crippen MR) is 45.8 cm³/mol. The van der Waals surface area contributed by atoms with Crippen molar-refractivity contribution in [3.63, 3.8) is 0 Å². The summed E-state index contributed by atoms with van der Waals surface area (Å²) in [6, 6.07) is -0.149. The van der Waals surface area contributed by atoms with Crippen molar-refractivity contribution in [3.05, 3.63) is 18.3 Å². The first-order valence-corrected chi connectivity index (χ1v) is 3.66. The maximum absolute atomic E-state index is 11.3. The maximum atomic E-state index is 11.3. The average Bonchev–Trinajstić information content (AvgIpc) is 2.51. The molecule has 70 valence electrons. The van der Waals surface area contributed by atoms with E-state index in [1.165, 1.54) is 0 Å². The van der Waals surface area contributed by atoms with Crippen LogP contribution in [0.25, 0.3) is 0 Å². The molecule has 1 heterocycles. The predicted octanol–water partition coefficient (Wildman–Crippen LogP) is -0.0439. The second kappa shape index (κ2) is 3.70. The lowest BCUT2D eigenvalue weighted by atomic mass is 10.3. The Morgan fingerprint density at radius 3 is 2.92 bits per heavy atom. The number of nitrogens with zero attached hydrogens (tertiary/aromatic N) is 2. The highest BCUT2D eigenvalue weighted by Crippen LogP contribution is 2.03. The molecule has 0 aliphatic carbocycles. The van der Waals surface area contributed by atoms with E-state index >= 15 is 0 Å². The summed E-state index contributed by atoms with van der Waals surface area (Å²) in [7, 11) is 0. The lowest BCUT2D eigenvalue weighted by Gasteiger charge is -2.06. The van der Waals surface area contributed by atoms with Crippen LogP contribution in [-0.4, -0.2) is 22.3 Å². The van der Waals surface area contributed by atoms with Crippen molar-refractivity contribution in [2.45, 2.75) is 13.0 Å². The number of carbonyl (C=O) groups is 1. The molecule has 0 saturated heterocycles. The fourth-order valence-electron chi connectivity index (χ4n) is 0.687. The van der Waals surface area contributed by atoms with Crippen LogP contribution in [0.3, 0.4) is 0 Å². The molecule has 1 aromatic rings. The molecule has 0 fully saturated rings. The van der Waals surface area contributed by atoms with Gasteiger partial charge in [0.25, 0.3) is 5.91 Å². The monoisotopic (exact) mass is 182 g/mol. The number of anilines is 1. The molecule has 0 saturated carbocycles. The van der Waals surface area contributed by atoms with Crippen molar-refractivity contribution in [2.75, 3.05) is 5.73 Å². The molecule has 13 heavy (non-hydrogen) atoms. The third kappa shape index (κ3) is 2.05. The van der Waals surface area contributed by atoms with Crippen LogP contribution >= 0.6 is 0 Å². The van der Waals surface area contributed by atoms with Gasteiger partial charge in [0.05, 0.1) is 0 Å². The first-order chi connectivity index (χ1) is 6.15. The Labute approximate surface area is 74.8 Å². The molecule has 6 heteroatoms. The zero-order valence-electron chi connectivity index (χ0n) is 7.15. The second-order valence-electron chi connectivity index (χ2n) is 2.50. The molecule has 1 aromatic heterocycles. The zero-order chi connectivity index (χ0) is 9.84. The third-order valence-corrected chi connectivity index (χ3v) is 1.44. The Bertz CT molecular complexity index is 320. The molecular weight excluding hydrogens is 172 g/mol. The van der Waals surface area contributed by atoms with E-state index in [0.29, 0.717) is 0 Å². The fraction of sp³-hybridized carbons (Fsp3) is 0.286. The van der Waals surface area contributed by atoms with Crippen LogP contribution in [0.4, 0.5) is 5.82 Å². The van der Waals surface area contributed by atoms with Crippen LogP contribution in [0.2, 0.25) is 0 Å². The van der Waals surface area contributed by atoms with E-state index in [9.17, 15) is 4.79 Å². The second-order valence-corrected chi connectivity index (χ2v) is 2.50. The number of carbonyl (C=O) groups excluding carboxylic acids is 1. The van der Waals surface area contributed by atoms with Gasteiger partial charge in [0.2, 0.25) is 11.5 Å². The smallest absolute Gasteiger partial charge is 0.277 e. The Morgan fingerprint density at radius 2 is 2.46 bits per heavy atom. The van der Waals surface area contributed by atoms with Crippen LogP contribution in [0, 0.1) is 0 Å². The number of amides is 1. The van der Waals surface area contributed by atoms with Crippen molar-refractivity contribution in [2.24, 2.45) is 0 Å². The summed E-state index contributed by atoms with van der Waals surface area (Å²) in [5.41, 5.74) is 5.30. The maximum Gasteiger partial charge on any atom is 0.277 e. The van der Waals surface area contributed by atoms with E-state index < -0.39 is 5.91 Å². The van der Waals surface area contributed by atoms with Gasteiger partial charge in [-0.25, -0.2) is 4.63 Å². The van der Waals surface area contributed by atoms with Gasteiger partial charge in [-0.15, -0.1) is 6.58 Å². The summed E-state index contributed by atoms with van der Waals surface area (Å²) >= 11 is 0. The van der Waals surface area contributed by atoms with Crippen molar-refractivity contribution in [3.8, 4) is 0 Å². The molecular formula is C7H10N4O2. The molecule has 1 rings (SSSR count). The summed E-state index contributed by atoms with van der Waals surface area (Å²) < 4.78 is 4.27. The normalized spacial score (nSPS) is 12.1. The lowest BCUT2D eigenvalue weighted by Crippen LogP contribution is -2.31. The number of nitrogens with two attached hydrogens (primary N) is 1. The van der Waals surface area contributed by atoms with Gasteiger partial charge in [0.1, 0.15) is 0 Å². The van der Waals surface area contributed by atoms with Gasteiger partial charge >= 0.3 is 0 Å². The van der Waals surface area contributed by atoms with Gasteiger partial charge < -0.3 is 11.1 Å². The highest BCUT2D eigenvalue weighted by molar-refractivity contribution is 5.96. The summed E-state index contributed by atoms with van der Waals surface area (Å²) in [4.78, 5) is 11.3. The Balaban J connectivity index is 2.69. The minimum atomic E-state index is -0.425. The van der Waals surface area contributed by atoms with Gasteiger partial charge in [0, 0.05) is 6.04 Å². The number of aromatic nitrogens is 2. The van der Waals surface area contributed by atoms with E-state index in [0.717, 1.165) is 0 Å². The first-order valence-electron chi connectivity index (χ1n) is 3.66. The van der Waals surface area contributed by atoms with Crippen LogP contribution in [0.15, 0.2) is 17.3 Å². The van der Waals surface area contributed by atoms with Crippen molar-refractivity contribution in [1.29, 1.82) is 0 Å². The van der Waals surface area contributed by atoms with Gasteiger partial charge in [-0.2, -0.15) is 0 Å². The number of nitrogen functional groups attached to an aromatic ring is 1. The summed E-state index contributed by atoms with van der Waals surface area (Å²) in [5, 5.41) is 9.19. The minimum Gasteiger partial charge on any atom is -0.379 e. The topological polar surface area (TPSA) is 94.0 Å². The minimum absolute atomic E-state index is 0.00583. The molecule has 0 spiro atoms. The van der Waals surface area contributed by atoms with Crippen LogP contribution in [0.5, 0.6) is 0 Å². The van der Waals surface area contributed by atoms with Crippen molar-refractivity contribution < 1.29 is 9.42 Å². The largest absolute Gasteiger partial charge is 0.379 e. The summed E-state index contributed by atoms with van der Waals surface area (Å²) in [6.45, 7) is 5.28. The van der Waals surface area contributed by atoms with E-state index in [2.05, 4.69) is 26.8 Å². The molecule has 0 aliphatic rings. The van der Waals surface area contributed by atoms with Crippen molar-refractivity contribution >= 4 is 11.7 Å². The number of hydrogen-bond donors (Lipinski definition) is 2. The zero-order valence-corrected chi connectivity index (χ0v) is 7.15. The highest BCUT2D eigenvalue weighted by Gasteiger charge is 2.16. The standard InChI is InChI=1S/C7H10N4O2/c1-3-4(2)9-7(12)5-6(8)11-13-10-5/h3-4H,1H2,2H3,(H2,8,11)(H,9,12). The fourth-order valence-corrected chi connectivity index (χ4v) is 0.687. The van der Waals surface area contributed by atoms with Crippen LogP contribution in [-0.2, 0) is 0 Å². The third-order valence-electron chi connectivity index (χ3n) is 1.44. The molecule has 0 radical (unpaired) electrons. The highest BCUT2D eigenvalue weighted by atomic mass is 16.6. The number of nitrogens with one attached hydrogen (secondary N) is 1. The number of hydrogen-bond acceptors (Lipinski definition) is 5. The summed E-state index contributed by atoms with van der Waals surface area (Å²) in [5.74, 6) is -0.445. The molecule has 1 atom stereocenters. The van der Waals surface area contributed by atoms with Gasteiger partial charge in [-0.05, 0) is 17.2 Å². The van der Waals surface area contributed by atoms with E-state index in [4.69, 9.17) is 5.73 Å². The molecule has 6 nitrogen and oxygen atoms in total. The Kier molecular flexibility index (Phi) is 2.63. The molecule has 0 aliphatic heterocycles. The lowest BCUT2D eigenvalue weighted by molar-refractivity contribution is 0.0937. The van der Waals surface area contributed by atoms with Gasteiger partial charge in [-0.1, -0.05) is 6.08 Å². The molecule has 1 unspecified atom stereocenters. The molecule has 1 amide bonds. The quantitative estimate of drug-likeness (QED) is 0.639. The molecule has 0 bridgehead atoms. The van der Waals surface area contributed by atoms with Gasteiger partial charge in [0.15, 0.2) is 0 Å². The summed E-state index contributed by atoms with van der Waals surface area (Å²) in [6.07, 6.45) is 1.58. The Morgan fingerprint density at radius 1 is 1.77 bits per heavy atom. The van der Waals surface area contributed by atoms with Crippen LogP contribution in [0.1, 0.15) is 17.4 Å². The van der Waals surface area contributed by atoms with E-state index in [1.807, 2.05) is 0 Å². The van der Waals surface area contributed by atoms with Gasteiger partial charge in [-0.3, -0.25) is 4.79 Å². The van der Waals surface area contributed by atoms with Crippen LogP contribution < -0.4 is 11.1 Å². The molecule has 3 N–H and O–H groups in total. The molecule has 0 aromatic carbocycles. The first kappa shape index (κ1) is 9.24. The Hall–Kier alpha value is -1.85. The SMILES string of the molecule is C=CC(C)NC(=O)c1nonc1N. The van der Waals surface area contributed by atoms with Crippen molar-refractivity contribution in [1.82, 2.24) is 15.6 Å². The number of rotatable bonds is 3. The van der Waals surface area contributed by atoms with E-state index in [1.54, 1.807) is 13.0 Å².